The molecule has 3 aromatic heterocycles. The second-order valence-corrected chi connectivity index (χ2v) is 23.9. The standard InChI is InChI=1S/C53H61I2N7O4S/c1-50(2,3)38-13-19-41(20-14-38)53(42-21-15-39(16-22-42)51(4,5)6,43-23-17-40(18-24-43)52(7,8)9)44-25-27-45(28-26-44)65-31-11-29-61-48(54)46(57-59-61)36-33-37(35-56-34-36)47-49(55)62(60-58-47)30-12-32-66-67(10,63)64/h13-28,33-35H,11-12,29-32H2,1-10H3. The molecule has 0 atom stereocenters. The zero-order chi connectivity index (χ0) is 48.4. The number of hydrogen-bond donors (Lipinski definition) is 0. The van der Waals surface area contributed by atoms with Crippen LogP contribution in [0.1, 0.15) is 114 Å². The van der Waals surface area contributed by atoms with Gasteiger partial charge in [-0.25, -0.2) is 9.36 Å². The first-order valence-corrected chi connectivity index (χ1v) is 26.6. The summed E-state index contributed by atoms with van der Waals surface area (Å²) in [6, 6.07) is 38.4. The molecular formula is C53H61I2N7O4S. The van der Waals surface area contributed by atoms with E-state index in [-0.39, 0.29) is 22.9 Å². The first-order chi connectivity index (χ1) is 31.6. The largest absolute Gasteiger partial charge is 0.494 e. The molecule has 352 valence electrons. The molecule has 67 heavy (non-hydrogen) atoms. The lowest BCUT2D eigenvalue weighted by Gasteiger charge is -2.38. The average Bonchev–Trinajstić information content (AvgIpc) is 3.84. The van der Waals surface area contributed by atoms with Crippen molar-refractivity contribution in [1.29, 1.82) is 0 Å². The molecule has 0 bridgehead atoms. The molecule has 0 aliphatic rings. The van der Waals surface area contributed by atoms with Gasteiger partial charge in [-0.3, -0.25) is 9.17 Å². The number of pyridine rings is 1. The van der Waals surface area contributed by atoms with Crippen LogP contribution in [0.3, 0.4) is 0 Å². The minimum atomic E-state index is -3.49. The molecule has 3 heterocycles. The number of nitrogens with zero attached hydrogens (tertiary/aromatic N) is 7. The van der Waals surface area contributed by atoms with Crippen LogP contribution in [0.4, 0.5) is 0 Å². The van der Waals surface area contributed by atoms with Crippen LogP contribution in [0, 0.1) is 7.40 Å². The molecule has 0 radical (unpaired) electrons. The molecule has 0 saturated heterocycles. The van der Waals surface area contributed by atoms with E-state index in [1.807, 2.05) is 10.7 Å². The molecule has 14 heteroatoms. The molecule has 7 rings (SSSR count). The van der Waals surface area contributed by atoms with Gasteiger partial charge in [0, 0.05) is 43.0 Å². The van der Waals surface area contributed by atoms with Crippen LogP contribution in [-0.4, -0.2) is 62.9 Å². The van der Waals surface area contributed by atoms with Crippen molar-refractivity contribution in [2.45, 2.75) is 110 Å². The van der Waals surface area contributed by atoms with Crippen molar-refractivity contribution in [2.75, 3.05) is 19.5 Å². The van der Waals surface area contributed by atoms with Crippen molar-refractivity contribution in [3.63, 3.8) is 0 Å². The number of benzene rings is 4. The highest BCUT2D eigenvalue weighted by Gasteiger charge is 2.39. The fourth-order valence-corrected chi connectivity index (χ4v) is 10.2. The summed E-state index contributed by atoms with van der Waals surface area (Å²) in [5.41, 5.74) is 11.1. The van der Waals surface area contributed by atoms with Crippen molar-refractivity contribution in [3.8, 4) is 28.3 Å². The van der Waals surface area contributed by atoms with Crippen molar-refractivity contribution >= 4 is 55.3 Å². The van der Waals surface area contributed by atoms with Crippen molar-refractivity contribution in [3.05, 3.63) is 162 Å². The van der Waals surface area contributed by atoms with Gasteiger partial charge in [0.05, 0.1) is 24.9 Å². The minimum Gasteiger partial charge on any atom is -0.494 e. The summed E-state index contributed by atoms with van der Waals surface area (Å²) >= 11 is 4.48. The fourth-order valence-electron chi connectivity index (χ4n) is 8.23. The molecular weight excluding hydrogens is 1080 g/mol. The molecule has 0 aliphatic heterocycles. The lowest BCUT2D eigenvalue weighted by molar-refractivity contribution is 0.297. The van der Waals surface area contributed by atoms with E-state index in [0.29, 0.717) is 31.8 Å². The van der Waals surface area contributed by atoms with Crippen LogP contribution in [-0.2, 0) is 49.1 Å². The number of rotatable bonds is 16. The summed E-state index contributed by atoms with van der Waals surface area (Å²) in [5.74, 6) is 0.803. The summed E-state index contributed by atoms with van der Waals surface area (Å²) in [6.07, 6.45) is 5.74. The molecule has 4 aromatic carbocycles. The quantitative estimate of drug-likeness (QED) is 0.0402. The minimum absolute atomic E-state index is 0.0229. The molecule has 0 amide bonds. The maximum atomic E-state index is 11.3. The Balaban J connectivity index is 1.10. The Morgan fingerprint density at radius 2 is 0.866 bits per heavy atom. The van der Waals surface area contributed by atoms with E-state index in [2.05, 4.69) is 230 Å². The Hall–Kier alpha value is -4.52. The van der Waals surface area contributed by atoms with E-state index >= 15 is 0 Å². The van der Waals surface area contributed by atoms with Gasteiger partial charge in [0.1, 0.15) is 24.5 Å². The van der Waals surface area contributed by atoms with Gasteiger partial charge in [0.25, 0.3) is 10.1 Å². The average molecular weight is 1150 g/mol. The smallest absolute Gasteiger partial charge is 0.264 e. The van der Waals surface area contributed by atoms with Crippen LogP contribution in [0.15, 0.2) is 116 Å². The van der Waals surface area contributed by atoms with Gasteiger partial charge in [-0.05, 0) is 125 Å². The van der Waals surface area contributed by atoms with Crippen LogP contribution in [0.5, 0.6) is 5.75 Å². The lowest BCUT2D eigenvalue weighted by atomic mass is 9.64. The monoisotopic (exact) mass is 1150 g/mol. The van der Waals surface area contributed by atoms with Gasteiger partial charge < -0.3 is 4.74 Å². The van der Waals surface area contributed by atoms with E-state index in [9.17, 15) is 8.42 Å². The SMILES string of the molecule is CC(C)(C)c1ccc(C(c2ccc(OCCCn3nnc(-c4cncc(-c5nnn(CCCOS(C)(=O)=O)c5I)c4)c3I)cc2)(c2ccc(C(C)(C)C)cc2)c2ccc(C(C)(C)C)cc2)cc1. The fraction of sp³-hybridized carbons (Fsp3) is 0.377. The van der Waals surface area contributed by atoms with Crippen molar-refractivity contribution in [2.24, 2.45) is 0 Å². The van der Waals surface area contributed by atoms with Crippen LogP contribution < -0.4 is 4.74 Å². The normalized spacial score (nSPS) is 12.7. The highest BCUT2D eigenvalue weighted by atomic mass is 127. The number of ether oxygens (including phenoxy) is 1. The summed E-state index contributed by atoms with van der Waals surface area (Å²) in [7, 11) is -3.49. The summed E-state index contributed by atoms with van der Waals surface area (Å²) in [6.45, 7) is 22.0. The molecule has 0 saturated carbocycles. The van der Waals surface area contributed by atoms with Crippen LogP contribution in [0.2, 0.25) is 0 Å². The van der Waals surface area contributed by atoms with E-state index in [4.69, 9.17) is 8.92 Å². The number of aryl methyl sites for hydroxylation is 2. The predicted octanol–water partition coefficient (Wildman–Crippen LogP) is 11.9. The zero-order valence-corrected chi connectivity index (χ0v) is 45.3. The van der Waals surface area contributed by atoms with Gasteiger partial charge in [-0.15, -0.1) is 10.2 Å². The van der Waals surface area contributed by atoms with E-state index in [0.717, 1.165) is 48.2 Å². The summed E-state index contributed by atoms with van der Waals surface area (Å²) in [5, 5.41) is 17.7. The maximum Gasteiger partial charge on any atom is 0.264 e. The highest BCUT2D eigenvalue weighted by Crippen LogP contribution is 2.47. The van der Waals surface area contributed by atoms with Crippen molar-refractivity contribution in [1.82, 2.24) is 35.0 Å². The molecule has 11 nitrogen and oxygen atoms in total. The van der Waals surface area contributed by atoms with E-state index < -0.39 is 15.5 Å². The highest BCUT2D eigenvalue weighted by molar-refractivity contribution is 14.1. The lowest BCUT2D eigenvalue weighted by Crippen LogP contribution is -2.31. The number of aromatic nitrogens is 7. The summed E-state index contributed by atoms with van der Waals surface area (Å²) < 4.78 is 39.2. The molecule has 7 aromatic rings. The van der Waals surface area contributed by atoms with Crippen molar-refractivity contribution < 1.29 is 17.3 Å². The maximum absolute atomic E-state index is 11.3. The molecule has 0 N–H and O–H groups in total. The summed E-state index contributed by atoms with van der Waals surface area (Å²) in [4.78, 5) is 4.49. The van der Waals surface area contributed by atoms with Gasteiger partial charge in [-0.2, -0.15) is 8.42 Å². The molecule has 0 fully saturated rings. The second kappa shape index (κ2) is 20.2. The Bertz CT molecular complexity index is 2750. The third kappa shape index (κ3) is 11.7. The van der Waals surface area contributed by atoms with E-state index in [1.54, 1.807) is 17.1 Å². The number of hydrogen-bond acceptors (Lipinski definition) is 9. The van der Waals surface area contributed by atoms with Gasteiger partial charge in [-0.1, -0.05) is 158 Å². The predicted molar refractivity (Wildman–Crippen MR) is 284 cm³/mol. The Morgan fingerprint density at radius 3 is 1.22 bits per heavy atom. The molecule has 0 aliphatic carbocycles. The van der Waals surface area contributed by atoms with E-state index in [1.165, 1.54) is 33.4 Å². The third-order valence-corrected chi connectivity index (χ3v) is 14.8. The van der Waals surface area contributed by atoms with Gasteiger partial charge >= 0.3 is 0 Å². The topological polar surface area (TPSA) is 127 Å². The Morgan fingerprint density at radius 1 is 0.522 bits per heavy atom. The first-order valence-electron chi connectivity index (χ1n) is 22.6. The van der Waals surface area contributed by atoms with Crippen LogP contribution in [0.25, 0.3) is 22.5 Å². The zero-order valence-electron chi connectivity index (χ0n) is 40.1. The second-order valence-electron chi connectivity index (χ2n) is 20.2. The Kier molecular flexibility index (Phi) is 15.2. The number of halogens is 2. The first kappa shape index (κ1) is 50.4. The van der Waals surface area contributed by atoms with Gasteiger partial charge in [0.2, 0.25) is 0 Å². The van der Waals surface area contributed by atoms with Gasteiger partial charge in [0.15, 0.2) is 0 Å². The Labute approximate surface area is 423 Å². The van der Waals surface area contributed by atoms with Crippen LogP contribution >= 0.6 is 45.2 Å². The molecule has 0 unspecified atom stereocenters. The third-order valence-electron chi connectivity index (χ3n) is 12.1. The molecule has 0 spiro atoms.